The van der Waals surface area contributed by atoms with Crippen LogP contribution in [0.3, 0.4) is 0 Å². The molecule has 1 aliphatic heterocycles. The van der Waals surface area contributed by atoms with Gasteiger partial charge in [-0.15, -0.1) is 0 Å². The Morgan fingerprint density at radius 3 is 2.44 bits per heavy atom. The third-order valence-electron chi connectivity index (χ3n) is 3.53. The number of rotatable bonds is 2. The number of piperidine rings is 1. The van der Waals surface area contributed by atoms with Gasteiger partial charge in [-0.3, -0.25) is 4.79 Å². The van der Waals surface area contributed by atoms with E-state index in [4.69, 9.17) is 18.0 Å². The minimum absolute atomic E-state index is 0.0686. The molecular weight excluding hydrogens is 220 g/mol. The predicted octanol–water partition coefficient (Wildman–Crippen LogP) is 1.95. The predicted molar refractivity (Wildman–Crippen MR) is 70.1 cm³/mol. The average molecular weight is 242 g/mol. The van der Waals surface area contributed by atoms with Gasteiger partial charge in [0.2, 0.25) is 5.91 Å². The number of hydrogen-bond donors (Lipinski definition) is 1. The van der Waals surface area contributed by atoms with Crippen molar-refractivity contribution in [1.82, 2.24) is 4.90 Å². The lowest BCUT2D eigenvalue weighted by Gasteiger charge is -2.40. The molecule has 0 aliphatic carbocycles. The highest BCUT2D eigenvalue weighted by molar-refractivity contribution is 7.80. The highest BCUT2D eigenvalue weighted by atomic mass is 32.1. The SMILES string of the molecule is CC1CCC(C)N(C(=O)C(C)(C)C(N)=S)C1. The molecule has 0 saturated carbocycles. The smallest absolute Gasteiger partial charge is 0.235 e. The summed E-state index contributed by atoms with van der Waals surface area (Å²) in [7, 11) is 0. The summed E-state index contributed by atoms with van der Waals surface area (Å²) in [6.07, 6.45) is 2.26. The van der Waals surface area contributed by atoms with E-state index in [1.807, 2.05) is 18.7 Å². The molecule has 2 unspecified atom stereocenters. The molecule has 1 heterocycles. The van der Waals surface area contributed by atoms with Gasteiger partial charge in [0, 0.05) is 12.6 Å². The fourth-order valence-corrected chi connectivity index (χ4v) is 2.12. The molecular formula is C12H22N2OS. The van der Waals surface area contributed by atoms with Crippen molar-refractivity contribution in [3.8, 4) is 0 Å². The normalized spacial score (nSPS) is 26.6. The van der Waals surface area contributed by atoms with E-state index in [0.29, 0.717) is 12.0 Å². The number of likely N-dealkylation sites (tertiary alicyclic amines) is 1. The lowest BCUT2D eigenvalue weighted by atomic mass is 9.87. The second kappa shape index (κ2) is 4.70. The van der Waals surface area contributed by atoms with E-state index in [2.05, 4.69) is 13.8 Å². The standard InChI is InChI=1S/C12H22N2OS/c1-8-5-6-9(2)14(7-8)11(15)12(3,4)10(13)16/h8-9H,5-7H2,1-4H3,(H2,13,16). The van der Waals surface area contributed by atoms with Crippen molar-refractivity contribution in [3.63, 3.8) is 0 Å². The Morgan fingerprint density at radius 1 is 1.38 bits per heavy atom. The van der Waals surface area contributed by atoms with E-state index >= 15 is 0 Å². The molecule has 4 heteroatoms. The van der Waals surface area contributed by atoms with Crippen LogP contribution >= 0.6 is 12.2 Å². The number of carbonyl (C=O) groups is 1. The summed E-state index contributed by atoms with van der Waals surface area (Å²) in [5.74, 6) is 0.640. The Labute approximate surface area is 103 Å². The molecule has 0 radical (unpaired) electrons. The number of nitrogens with two attached hydrogens (primary N) is 1. The zero-order chi connectivity index (χ0) is 12.5. The van der Waals surface area contributed by atoms with Crippen LogP contribution in [0.1, 0.15) is 40.5 Å². The van der Waals surface area contributed by atoms with Gasteiger partial charge in [0.25, 0.3) is 0 Å². The Hall–Kier alpha value is -0.640. The van der Waals surface area contributed by atoms with Crippen LogP contribution in [0.5, 0.6) is 0 Å². The molecule has 0 aromatic carbocycles. The van der Waals surface area contributed by atoms with Crippen LogP contribution in [0.4, 0.5) is 0 Å². The summed E-state index contributed by atoms with van der Waals surface area (Å²) in [4.78, 5) is 14.6. The Bertz CT molecular complexity index is 301. The third kappa shape index (κ3) is 2.54. The second-order valence-corrected chi connectivity index (χ2v) is 5.92. The first kappa shape index (κ1) is 13.4. The fraction of sp³-hybridized carbons (Fsp3) is 0.833. The summed E-state index contributed by atoms with van der Waals surface area (Å²) < 4.78 is 0. The molecule has 2 atom stereocenters. The van der Waals surface area contributed by atoms with Crippen molar-refractivity contribution in [1.29, 1.82) is 0 Å². The summed E-state index contributed by atoms with van der Waals surface area (Å²) in [6, 6.07) is 0.303. The van der Waals surface area contributed by atoms with Crippen molar-refractivity contribution in [2.24, 2.45) is 17.1 Å². The van der Waals surface area contributed by atoms with Gasteiger partial charge in [0.05, 0.1) is 10.4 Å². The van der Waals surface area contributed by atoms with Gasteiger partial charge in [-0.2, -0.15) is 0 Å². The molecule has 0 bridgehead atoms. The van der Waals surface area contributed by atoms with Gasteiger partial charge >= 0.3 is 0 Å². The number of amides is 1. The Kier molecular flexibility index (Phi) is 3.94. The number of hydrogen-bond acceptors (Lipinski definition) is 2. The molecule has 0 spiro atoms. The van der Waals surface area contributed by atoms with E-state index in [0.717, 1.165) is 13.0 Å². The summed E-state index contributed by atoms with van der Waals surface area (Å²) in [5.41, 5.74) is 4.92. The third-order valence-corrected chi connectivity index (χ3v) is 4.04. The molecule has 1 amide bonds. The highest BCUT2D eigenvalue weighted by Crippen LogP contribution is 2.27. The van der Waals surface area contributed by atoms with E-state index in [9.17, 15) is 4.79 Å². The topological polar surface area (TPSA) is 46.3 Å². The summed E-state index contributed by atoms with van der Waals surface area (Å²) in [5, 5.41) is 0. The van der Waals surface area contributed by atoms with Gasteiger partial charge in [0.15, 0.2) is 0 Å². The van der Waals surface area contributed by atoms with Crippen LogP contribution in [0.2, 0.25) is 0 Å². The zero-order valence-electron chi connectivity index (χ0n) is 10.6. The summed E-state index contributed by atoms with van der Waals surface area (Å²) in [6.45, 7) is 8.72. The van der Waals surface area contributed by atoms with Crippen LogP contribution in [0, 0.1) is 11.3 Å². The van der Waals surface area contributed by atoms with E-state index in [1.54, 1.807) is 0 Å². The molecule has 2 N–H and O–H groups in total. The second-order valence-electron chi connectivity index (χ2n) is 5.48. The van der Waals surface area contributed by atoms with Gasteiger partial charge < -0.3 is 10.6 Å². The molecule has 0 aromatic heterocycles. The maximum Gasteiger partial charge on any atom is 0.235 e. The average Bonchev–Trinajstić information content (AvgIpc) is 2.20. The van der Waals surface area contributed by atoms with Gasteiger partial charge in [-0.1, -0.05) is 19.1 Å². The monoisotopic (exact) mass is 242 g/mol. The molecule has 1 aliphatic rings. The Balaban J connectivity index is 2.83. The number of nitrogens with zero attached hydrogens (tertiary/aromatic N) is 1. The van der Waals surface area contributed by atoms with Gasteiger partial charge in [-0.05, 0) is 39.5 Å². The molecule has 1 saturated heterocycles. The van der Waals surface area contributed by atoms with Crippen LogP contribution in [-0.2, 0) is 4.79 Å². The van der Waals surface area contributed by atoms with Crippen molar-refractivity contribution >= 4 is 23.1 Å². The van der Waals surface area contributed by atoms with E-state index in [1.165, 1.54) is 6.42 Å². The van der Waals surface area contributed by atoms with Crippen molar-refractivity contribution in [3.05, 3.63) is 0 Å². The van der Waals surface area contributed by atoms with Crippen molar-refractivity contribution < 1.29 is 4.79 Å². The lowest BCUT2D eigenvalue weighted by Crippen LogP contribution is -2.53. The molecule has 16 heavy (non-hydrogen) atoms. The van der Waals surface area contributed by atoms with E-state index < -0.39 is 5.41 Å². The molecule has 1 rings (SSSR count). The minimum atomic E-state index is -0.722. The first-order valence-corrected chi connectivity index (χ1v) is 6.28. The molecule has 1 fully saturated rings. The maximum atomic E-state index is 12.4. The van der Waals surface area contributed by atoms with Crippen LogP contribution in [0.25, 0.3) is 0 Å². The maximum absolute atomic E-state index is 12.4. The van der Waals surface area contributed by atoms with E-state index in [-0.39, 0.29) is 10.9 Å². The Morgan fingerprint density at radius 2 is 1.94 bits per heavy atom. The number of carbonyl (C=O) groups excluding carboxylic acids is 1. The van der Waals surface area contributed by atoms with Gasteiger partial charge in [-0.25, -0.2) is 0 Å². The van der Waals surface area contributed by atoms with Crippen LogP contribution < -0.4 is 5.73 Å². The fourth-order valence-electron chi connectivity index (χ4n) is 2.04. The van der Waals surface area contributed by atoms with Crippen LogP contribution in [-0.4, -0.2) is 28.4 Å². The molecule has 92 valence electrons. The molecule has 3 nitrogen and oxygen atoms in total. The van der Waals surface area contributed by atoms with Gasteiger partial charge in [0.1, 0.15) is 0 Å². The number of thiocarbonyl (C=S) groups is 1. The molecule has 0 aromatic rings. The first-order valence-electron chi connectivity index (χ1n) is 5.87. The summed E-state index contributed by atoms with van der Waals surface area (Å²) >= 11 is 4.98. The van der Waals surface area contributed by atoms with Crippen molar-refractivity contribution in [2.45, 2.75) is 46.6 Å². The largest absolute Gasteiger partial charge is 0.392 e. The highest BCUT2D eigenvalue weighted by Gasteiger charge is 2.38. The first-order chi connectivity index (χ1) is 7.26. The zero-order valence-corrected chi connectivity index (χ0v) is 11.4. The quantitative estimate of drug-likeness (QED) is 0.753. The van der Waals surface area contributed by atoms with Crippen LogP contribution in [0.15, 0.2) is 0 Å². The lowest BCUT2D eigenvalue weighted by molar-refractivity contribution is -0.141. The van der Waals surface area contributed by atoms with Crippen molar-refractivity contribution in [2.75, 3.05) is 6.54 Å². The minimum Gasteiger partial charge on any atom is -0.392 e.